The number of hydrogen-bond acceptors (Lipinski definition) is 2. The molecule has 1 saturated carbocycles. The Bertz CT molecular complexity index is 197. The lowest BCUT2D eigenvalue weighted by molar-refractivity contribution is -0.0645. The van der Waals surface area contributed by atoms with E-state index in [1.54, 1.807) is 0 Å². The van der Waals surface area contributed by atoms with E-state index in [4.69, 9.17) is 4.74 Å². The van der Waals surface area contributed by atoms with Crippen molar-refractivity contribution in [2.75, 3.05) is 6.61 Å². The maximum Gasteiger partial charge on any atom is 0.0641 e. The van der Waals surface area contributed by atoms with Crippen LogP contribution in [0.25, 0.3) is 0 Å². The second kappa shape index (κ2) is 4.84. The molecule has 2 rings (SSSR count). The molecule has 88 valence electrons. The maximum atomic E-state index is 5.74. The van der Waals surface area contributed by atoms with E-state index in [1.165, 1.54) is 44.9 Å². The zero-order valence-corrected chi connectivity index (χ0v) is 10.2. The van der Waals surface area contributed by atoms with Crippen LogP contribution in [0.1, 0.15) is 58.8 Å². The topological polar surface area (TPSA) is 21.3 Å². The molecule has 0 amide bonds. The summed E-state index contributed by atoms with van der Waals surface area (Å²) in [5.41, 5.74) is 0.0879. The highest BCUT2D eigenvalue weighted by Crippen LogP contribution is 2.26. The molecule has 0 bridgehead atoms. The van der Waals surface area contributed by atoms with Gasteiger partial charge in [-0.2, -0.15) is 0 Å². The summed E-state index contributed by atoms with van der Waals surface area (Å²) in [4.78, 5) is 0. The monoisotopic (exact) mass is 211 g/mol. The molecule has 1 saturated heterocycles. The van der Waals surface area contributed by atoms with Crippen LogP contribution in [0.3, 0.4) is 0 Å². The minimum Gasteiger partial charge on any atom is -0.375 e. The van der Waals surface area contributed by atoms with E-state index < -0.39 is 0 Å². The fourth-order valence-electron chi connectivity index (χ4n) is 2.98. The summed E-state index contributed by atoms with van der Waals surface area (Å²) < 4.78 is 5.74. The highest BCUT2D eigenvalue weighted by Gasteiger charge is 2.30. The van der Waals surface area contributed by atoms with Crippen LogP contribution >= 0.6 is 0 Å². The Hall–Kier alpha value is -0.0800. The van der Waals surface area contributed by atoms with Crippen molar-refractivity contribution < 1.29 is 4.74 Å². The Morgan fingerprint density at radius 3 is 2.40 bits per heavy atom. The molecule has 1 atom stereocenters. The molecule has 0 aromatic heterocycles. The smallest absolute Gasteiger partial charge is 0.0641 e. The molecule has 1 unspecified atom stereocenters. The third kappa shape index (κ3) is 3.46. The molecule has 2 heteroatoms. The average Bonchev–Trinajstić information content (AvgIpc) is 2.17. The van der Waals surface area contributed by atoms with E-state index in [1.807, 2.05) is 0 Å². The fourth-order valence-corrected chi connectivity index (χ4v) is 2.98. The number of hydrogen-bond donors (Lipinski definition) is 1. The van der Waals surface area contributed by atoms with E-state index in [9.17, 15) is 0 Å². The summed E-state index contributed by atoms with van der Waals surface area (Å²) in [6, 6.07) is 1.48. The molecular weight excluding hydrogens is 186 g/mol. The number of nitrogens with one attached hydrogen (secondary N) is 1. The van der Waals surface area contributed by atoms with Crippen LogP contribution < -0.4 is 5.32 Å². The minimum absolute atomic E-state index is 0.0879. The van der Waals surface area contributed by atoms with Crippen molar-refractivity contribution in [2.45, 2.75) is 76.5 Å². The van der Waals surface area contributed by atoms with Gasteiger partial charge in [-0.05, 0) is 39.5 Å². The van der Waals surface area contributed by atoms with Crippen LogP contribution in [-0.2, 0) is 4.74 Å². The Labute approximate surface area is 93.8 Å². The van der Waals surface area contributed by atoms with Crippen molar-refractivity contribution in [2.24, 2.45) is 0 Å². The summed E-state index contributed by atoms with van der Waals surface area (Å²) in [6.45, 7) is 5.35. The van der Waals surface area contributed by atoms with Gasteiger partial charge in [-0.3, -0.25) is 0 Å². The molecule has 2 nitrogen and oxygen atoms in total. The van der Waals surface area contributed by atoms with Gasteiger partial charge in [-0.25, -0.2) is 0 Å². The highest BCUT2D eigenvalue weighted by molar-refractivity contribution is 4.85. The molecule has 2 aliphatic rings. The second-order valence-electron chi connectivity index (χ2n) is 5.80. The largest absolute Gasteiger partial charge is 0.375 e. The van der Waals surface area contributed by atoms with Gasteiger partial charge in [0, 0.05) is 18.7 Å². The molecule has 0 aromatic carbocycles. The van der Waals surface area contributed by atoms with Crippen molar-refractivity contribution in [3.8, 4) is 0 Å². The minimum atomic E-state index is 0.0879. The highest BCUT2D eigenvalue weighted by atomic mass is 16.5. The van der Waals surface area contributed by atoms with Crippen LogP contribution in [0.4, 0.5) is 0 Å². The predicted octanol–water partition coefficient (Wildman–Crippen LogP) is 2.87. The molecule has 1 heterocycles. The lowest BCUT2D eigenvalue weighted by Crippen LogP contribution is -2.47. The standard InChI is InChI=1S/C13H25NO/c1-13(2)10-12(8-9-15-13)14-11-6-4-3-5-7-11/h11-12,14H,3-10H2,1-2H3. The molecule has 15 heavy (non-hydrogen) atoms. The molecule has 1 aliphatic heterocycles. The van der Waals surface area contributed by atoms with Crippen LogP contribution in [0, 0.1) is 0 Å². The summed E-state index contributed by atoms with van der Waals surface area (Å²) in [7, 11) is 0. The third-order valence-electron chi connectivity index (χ3n) is 3.77. The van der Waals surface area contributed by atoms with Crippen molar-refractivity contribution in [1.82, 2.24) is 5.32 Å². The van der Waals surface area contributed by atoms with Gasteiger partial charge in [0.25, 0.3) is 0 Å². The van der Waals surface area contributed by atoms with E-state index >= 15 is 0 Å². The van der Waals surface area contributed by atoms with Crippen molar-refractivity contribution in [1.29, 1.82) is 0 Å². The van der Waals surface area contributed by atoms with Gasteiger partial charge < -0.3 is 10.1 Å². The van der Waals surface area contributed by atoms with E-state index in [0.717, 1.165) is 12.6 Å². The van der Waals surface area contributed by atoms with Gasteiger partial charge in [-0.1, -0.05) is 19.3 Å². The normalized spacial score (nSPS) is 32.8. The zero-order chi connectivity index (χ0) is 10.7. The van der Waals surface area contributed by atoms with Crippen LogP contribution in [0.15, 0.2) is 0 Å². The zero-order valence-electron chi connectivity index (χ0n) is 10.2. The van der Waals surface area contributed by atoms with Gasteiger partial charge in [0.1, 0.15) is 0 Å². The van der Waals surface area contributed by atoms with Gasteiger partial charge in [-0.15, -0.1) is 0 Å². The van der Waals surface area contributed by atoms with E-state index in [2.05, 4.69) is 19.2 Å². The number of ether oxygens (including phenoxy) is 1. The van der Waals surface area contributed by atoms with Crippen molar-refractivity contribution >= 4 is 0 Å². The first-order valence-electron chi connectivity index (χ1n) is 6.56. The Balaban J connectivity index is 1.78. The van der Waals surface area contributed by atoms with Crippen LogP contribution in [0.2, 0.25) is 0 Å². The summed E-state index contributed by atoms with van der Waals surface area (Å²) in [5, 5.41) is 3.83. The summed E-state index contributed by atoms with van der Waals surface area (Å²) >= 11 is 0. The lowest BCUT2D eigenvalue weighted by atomic mass is 9.90. The van der Waals surface area contributed by atoms with E-state index in [0.29, 0.717) is 6.04 Å². The Kier molecular flexibility index (Phi) is 3.68. The summed E-state index contributed by atoms with van der Waals surface area (Å²) in [5.74, 6) is 0. The molecule has 2 fully saturated rings. The Morgan fingerprint density at radius 1 is 1.00 bits per heavy atom. The summed E-state index contributed by atoms with van der Waals surface area (Å²) in [6.07, 6.45) is 9.42. The maximum absolute atomic E-state index is 5.74. The van der Waals surface area contributed by atoms with Gasteiger partial charge in [0.15, 0.2) is 0 Å². The van der Waals surface area contributed by atoms with Gasteiger partial charge >= 0.3 is 0 Å². The lowest BCUT2D eigenvalue weighted by Gasteiger charge is -2.38. The SMILES string of the molecule is CC1(C)CC(NC2CCCCC2)CCO1. The molecular formula is C13H25NO. The molecule has 0 spiro atoms. The molecule has 0 aromatic rings. The first-order chi connectivity index (χ1) is 7.16. The number of rotatable bonds is 2. The third-order valence-corrected chi connectivity index (χ3v) is 3.77. The predicted molar refractivity (Wildman–Crippen MR) is 63.1 cm³/mol. The fraction of sp³-hybridized carbons (Fsp3) is 1.00. The molecule has 1 N–H and O–H groups in total. The van der Waals surface area contributed by atoms with Gasteiger partial charge in [0.2, 0.25) is 0 Å². The first kappa shape index (κ1) is 11.4. The van der Waals surface area contributed by atoms with Crippen molar-refractivity contribution in [3.05, 3.63) is 0 Å². The van der Waals surface area contributed by atoms with Crippen molar-refractivity contribution in [3.63, 3.8) is 0 Å². The molecule has 1 aliphatic carbocycles. The van der Waals surface area contributed by atoms with Crippen LogP contribution in [0.5, 0.6) is 0 Å². The molecule has 0 radical (unpaired) electrons. The Morgan fingerprint density at radius 2 is 1.73 bits per heavy atom. The van der Waals surface area contributed by atoms with Gasteiger partial charge in [0.05, 0.1) is 5.60 Å². The van der Waals surface area contributed by atoms with E-state index in [-0.39, 0.29) is 5.60 Å². The second-order valence-corrected chi connectivity index (χ2v) is 5.80. The quantitative estimate of drug-likeness (QED) is 0.758. The average molecular weight is 211 g/mol. The first-order valence-corrected chi connectivity index (χ1v) is 6.56. The van der Waals surface area contributed by atoms with Crippen LogP contribution in [-0.4, -0.2) is 24.3 Å².